The Morgan fingerprint density at radius 1 is 1.19 bits per heavy atom. The molecule has 7 heteroatoms. The molecule has 0 bridgehead atoms. The second-order valence-corrected chi connectivity index (χ2v) is 7.76. The van der Waals surface area contributed by atoms with E-state index in [2.05, 4.69) is 16.1 Å². The molecule has 2 heterocycles. The van der Waals surface area contributed by atoms with E-state index < -0.39 is 10.0 Å². The third-order valence-electron chi connectivity index (χ3n) is 4.59. The zero-order valence-corrected chi connectivity index (χ0v) is 14.9. The minimum Gasteiger partial charge on any atom is -0.494 e. The smallest absolute Gasteiger partial charge is 0.238 e. The second kappa shape index (κ2) is 6.19. The molecule has 0 radical (unpaired) electrons. The third-order valence-corrected chi connectivity index (χ3v) is 5.52. The van der Waals surface area contributed by atoms with Gasteiger partial charge in [-0.05, 0) is 41.8 Å². The van der Waals surface area contributed by atoms with Crippen molar-refractivity contribution in [3.63, 3.8) is 0 Å². The van der Waals surface area contributed by atoms with Crippen LogP contribution in [0, 0.1) is 5.92 Å². The van der Waals surface area contributed by atoms with Gasteiger partial charge in [-0.1, -0.05) is 18.2 Å². The molecule has 0 fully saturated rings. The number of sulfonamides is 1. The molecule has 0 spiro atoms. The normalized spacial score (nSPS) is 18.4. The number of fused-ring (bicyclic) bond motifs is 2. The summed E-state index contributed by atoms with van der Waals surface area (Å²) < 4.78 is 28.3. The molecule has 6 nitrogen and oxygen atoms in total. The molecule has 0 saturated heterocycles. The number of rotatable bonds is 4. The summed E-state index contributed by atoms with van der Waals surface area (Å²) in [5.41, 5.74) is 2.96. The summed E-state index contributed by atoms with van der Waals surface area (Å²) in [6.07, 6.45) is 8.25. The Morgan fingerprint density at radius 3 is 2.65 bits per heavy atom. The number of hydrogen-bond acceptors (Lipinski definition) is 5. The number of nitrogens with zero attached hydrogens (tertiary/aromatic N) is 2. The van der Waals surface area contributed by atoms with Gasteiger partial charge >= 0.3 is 0 Å². The maximum Gasteiger partial charge on any atom is 0.238 e. The van der Waals surface area contributed by atoms with Crippen LogP contribution in [0.2, 0.25) is 0 Å². The van der Waals surface area contributed by atoms with Crippen molar-refractivity contribution < 1.29 is 13.2 Å². The van der Waals surface area contributed by atoms with E-state index in [1.807, 2.05) is 12.1 Å². The van der Waals surface area contributed by atoms with Crippen LogP contribution in [0.25, 0.3) is 5.57 Å². The highest BCUT2D eigenvalue weighted by atomic mass is 32.2. The number of hydrogen-bond donors (Lipinski definition) is 1. The fourth-order valence-electron chi connectivity index (χ4n) is 3.36. The van der Waals surface area contributed by atoms with E-state index >= 15 is 0 Å². The Bertz CT molecular complexity index is 1160. The summed E-state index contributed by atoms with van der Waals surface area (Å²) in [4.78, 5) is 8.93. The fourth-order valence-corrected chi connectivity index (χ4v) is 3.87. The lowest BCUT2D eigenvalue weighted by Crippen LogP contribution is -2.26. The van der Waals surface area contributed by atoms with Crippen molar-refractivity contribution in [1.82, 2.24) is 4.98 Å². The van der Waals surface area contributed by atoms with E-state index in [0.29, 0.717) is 6.42 Å². The second-order valence-electron chi connectivity index (χ2n) is 6.19. The van der Waals surface area contributed by atoms with Gasteiger partial charge in [0, 0.05) is 17.3 Å². The average molecular weight is 367 g/mol. The maximum absolute atomic E-state index is 11.4. The van der Waals surface area contributed by atoms with Gasteiger partial charge in [-0.25, -0.2) is 18.5 Å². The molecule has 1 unspecified atom stereocenters. The summed E-state index contributed by atoms with van der Waals surface area (Å²) in [7, 11) is -2.05. The first-order valence-electron chi connectivity index (χ1n) is 8.09. The largest absolute Gasteiger partial charge is 0.494 e. The molecule has 0 amide bonds. The molecule has 2 aromatic rings. The Hall–Kier alpha value is -2.77. The molecular formula is C19H17N3O3S. The monoisotopic (exact) mass is 367 g/mol. The van der Waals surface area contributed by atoms with Crippen LogP contribution in [0.1, 0.15) is 5.56 Å². The Morgan fingerprint density at radius 2 is 1.96 bits per heavy atom. The van der Waals surface area contributed by atoms with E-state index in [1.165, 1.54) is 12.1 Å². The number of ether oxygens (including phenoxy) is 1. The third kappa shape index (κ3) is 2.85. The molecule has 132 valence electrons. The first-order chi connectivity index (χ1) is 12.5. The molecule has 1 atom stereocenters. The van der Waals surface area contributed by atoms with Gasteiger partial charge in [-0.2, -0.15) is 0 Å². The van der Waals surface area contributed by atoms with Crippen molar-refractivity contribution in [1.29, 1.82) is 0 Å². The van der Waals surface area contributed by atoms with Gasteiger partial charge in [0.1, 0.15) is 11.5 Å². The van der Waals surface area contributed by atoms with Crippen LogP contribution in [0.4, 0.5) is 0 Å². The van der Waals surface area contributed by atoms with E-state index in [0.717, 1.165) is 33.2 Å². The summed E-state index contributed by atoms with van der Waals surface area (Å²) in [6.45, 7) is 0. The number of aromatic nitrogens is 1. The molecule has 2 N–H and O–H groups in total. The molecular weight excluding hydrogens is 350 g/mol. The molecule has 1 aliphatic heterocycles. The van der Waals surface area contributed by atoms with E-state index in [1.54, 1.807) is 31.6 Å². The maximum atomic E-state index is 11.4. The van der Waals surface area contributed by atoms with Crippen molar-refractivity contribution in [2.24, 2.45) is 16.0 Å². The number of methoxy groups -OCH3 is 1. The van der Waals surface area contributed by atoms with Crippen LogP contribution in [0.5, 0.6) is 0 Å². The number of pyridine rings is 1. The van der Waals surface area contributed by atoms with Crippen LogP contribution in [-0.2, 0) is 21.2 Å². The summed E-state index contributed by atoms with van der Waals surface area (Å²) in [5.74, 6) is 0.841. The number of nitrogens with two attached hydrogens (primary N) is 1. The lowest BCUT2D eigenvalue weighted by atomic mass is 9.86. The molecule has 2 aliphatic rings. The van der Waals surface area contributed by atoms with Crippen molar-refractivity contribution in [2.45, 2.75) is 11.3 Å². The fraction of sp³-hybridized carbons (Fsp3) is 0.158. The molecule has 4 rings (SSSR count). The van der Waals surface area contributed by atoms with Gasteiger partial charge in [0.05, 0.1) is 23.6 Å². The van der Waals surface area contributed by atoms with Gasteiger partial charge < -0.3 is 4.74 Å². The highest BCUT2D eigenvalue weighted by Crippen LogP contribution is 2.34. The molecule has 26 heavy (non-hydrogen) atoms. The van der Waals surface area contributed by atoms with Crippen molar-refractivity contribution in [3.8, 4) is 0 Å². The van der Waals surface area contributed by atoms with Crippen molar-refractivity contribution in [2.75, 3.05) is 7.11 Å². The Kier molecular flexibility index (Phi) is 3.97. The van der Waals surface area contributed by atoms with E-state index in [4.69, 9.17) is 9.88 Å². The lowest BCUT2D eigenvalue weighted by Gasteiger charge is -2.21. The standard InChI is InChI=1S/C19H17N3O3S/c1-25-17-7-4-13(10-12-2-5-14(6-3-12)26(20,23)24)18-15-8-9-21-11-16(15)22-19(17)18/h2-9,11,13H,10H2,1H3,(H2,20,23,24). The first kappa shape index (κ1) is 16.7. The van der Waals surface area contributed by atoms with Crippen molar-refractivity contribution >= 4 is 15.6 Å². The highest BCUT2D eigenvalue weighted by molar-refractivity contribution is 7.89. The van der Waals surface area contributed by atoms with Crippen LogP contribution < -0.4 is 15.7 Å². The first-order valence-corrected chi connectivity index (χ1v) is 9.63. The van der Waals surface area contributed by atoms with E-state index in [9.17, 15) is 8.42 Å². The predicted molar refractivity (Wildman–Crippen MR) is 96.6 cm³/mol. The molecule has 1 aliphatic carbocycles. The zero-order valence-electron chi connectivity index (χ0n) is 14.1. The van der Waals surface area contributed by atoms with Crippen LogP contribution in [0.3, 0.4) is 0 Å². The van der Waals surface area contributed by atoms with Crippen LogP contribution in [-0.4, -0.2) is 20.5 Å². The van der Waals surface area contributed by atoms with Gasteiger partial charge in [0.25, 0.3) is 0 Å². The van der Waals surface area contributed by atoms with Gasteiger partial charge in [-0.15, -0.1) is 0 Å². The van der Waals surface area contributed by atoms with E-state index in [-0.39, 0.29) is 10.8 Å². The summed E-state index contributed by atoms with van der Waals surface area (Å²) >= 11 is 0. The summed E-state index contributed by atoms with van der Waals surface area (Å²) in [5, 5.41) is 7.06. The van der Waals surface area contributed by atoms with Crippen molar-refractivity contribution in [3.05, 3.63) is 82.5 Å². The lowest BCUT2D eigenvalue weighted by molar-refractivity contribution is 0.301. The van der Waals surface area contributed by atoms with Gasteiger partial charge in [0.15, 0.2) is 0 Å². The predicted octanol–water partition coefficient (Wildman–Crippen LogP) is 0.800. The number of primary sulfonamides is 1. The minimum absolute atomic E-state index is 0.108. The highest BCUT2D eigenvalue weighted by Gasteiger charge is 2.27. The molecule has 1 aromatic heterocycles. The molecule has 0 saturated carbocycles. The average Bonchev–Trinajstić information content (AvgIpc) is 3.02. The van der Waals surface area contributed by atoms with Crippen LogP contribution in [0.15, 0.2) is 76.2 Å². The quantitative estimate of drug-likeness (QED) is 0.865. The summed E-state index contributed by atoms with van der Waals surface area (Å²) in [6, 6.07) is 8.63. The molecule has 1 aromatic carbocycles. The minimum atomic E-state index is -3.68. The van der Waals surface area contributed by atoms with Crippen LogP contribution >= 0.6 is 0 Å². The Labute approximate surface area is 151 Å². The number of benzene rings is 1. The van der Waals surface area contributed by atoms with Gasteiger partial charge in [-0.3, -0.25) is 4.98 Å². The zero-order chi connectivity index (χ0) is 18.3. The Balaban J connectivity index is 1.74. The topological polar surface area (TPSA) is 94.6 Å². The van der Waals surface area contributed by atoms with Gasteiger partial charge in [0.2, 0.25) is 10.0 Å². The number of allylic oxidation sites excluding steroid dienone is 3. The SMILES string of the molecule is COC1=C2N=c3cnccc3=C2C(Cc2ccc(S(N)(=O)=O)cc2)C=C1.